The van der Waals surface area contributed by atoms with Crippen molar-refractivity contribution in [3.05, 3.63) is 75.8 Å². The molecule has 0 fully saturated rings. The molecule has 0 atom stereocenters. The molecule has 2 aromatic carbocycles. The highest BCUT2D eigenvalue weighted by atomic mass is 16.3. The van der Waals surface area contributed by atoms with Gasteiger partial charge < -0.3 is 25.5 Å². The summed E-state index contributed by atoms with van der Waals surface area (Å²) in [6.07, 6.45) is 2.89. The van der Waals surface area contributed by atoms with Crippen LogP contribution in [0.1, 0.15) is 35.1 Å². The van der Waals surface area contributed by atoms with Gasteiger partial charge in [-0.05, 0) is 47.9 Å². The molecule has 0 heterocycles. The van der Waals surface area contributed by atoms with E-state index in [4.69, 9.17) is 0 Å². The summed E-state index contributed by atoms with van der Waals surface area (Å²) < 4.78 is 0. The Bertz CT molecular complexity index is 909. The van der Waals surface area contributed by atoms with Crippen LogP contribution >= 0.6 is 0 Å². The second-order valence-corrected chi connectivity index (χ2v) is 6.71. The van der Waals surface area contributed by atoms with Gasteiger partial charge in [-0.15, -0.1) is 0 Å². The first-order chi connectivity index (χ1) is 12.3. The Morgan fingerprint density at radius 3 is 2.23 bits per heavy atom. The number of benzene rings is 2. The minimum Gasteiger partial charge on any atom is -0.512 e. The molecule has 1 aliphatic carbocycles. The van der Waals surface area contributed by atoms with Gasteiger partial charge in [0.05, 0.1) is 11.5 Å². The van der Waals surface area contributed by atoms with Crippen molar-refractivity contribution in [1.29, 1.82) is 0 Å². The molecule has 0 aromatic heterocycles. The van der Waals surface area contributed by atoms with E-state index in [-0.39, 0.29) is 35.2 Å². The lowest BCUT2D eigenvalue weighted by Crippen LogP contribution is -2.03. The molecule has 1 aliphatic rings. The maximum atomic E-state index is 10.7. The number of aryl methyl sites for hydroxylation is 1. The molecular weight excluding hydrogens is 332 g/mol. The van der Waals surface area contributed by atoms with E-state index in [1.54, 1.807) is 6.08 Å². The fraction of sp³-hybridized carbons (Fsp3) is 0.238. The number of allylic oxidation sites excluding steroid dienone is 4. The van der Waals surface area contributed by atoms with Gasteiger partial charge in [0.1, 0.15) is 17.2 Å². The molecule has 5 nitrogen and oxygen atoms in total. The predicted molar refractivity (Wildman–Crippen MR) is 98.7 cm³/mol. The van der Waals surface area contributed by atoms with E-state index < -0.39 is 0 Å². The van der Waals surface area contributed by atoms with Crippen molar-refractivity contribution in [2.24, 2.45) is 0 Å². The summed E-state index contributed by atoms with van der Waals surface area (Å²) in [6, 6.07) is 7.94. The highest BCUT2D eigenvalue weighted by Crippen LogP contribution is 2.33. The second kappa shape index (κ2) is 7.04. The Kier molecular flexibility index (Phi) is 4.80. The van der Waals surface area contributed by atoms with Gasteiger partial charge in [0.2, 0.25) is 0 Å². The highest BCUT2D eigenvalue weighted by molar-refractivity contribution is 5.50. The van der Waals surface area contributed by atoms with Crippen LogP contribution < -0.4 is 0 Å². The van der Waals surface area contributed by atoms with Gasteiger partial charge in [-0.3, -0.25) is 0 Å². The molecule has 2 aromatic rings. The van der Waals surface area contributed by atoms with E-state index in [0.717, 1.165) is 5.56 Å². The molecule has 0 radical (unpaired) electrons. The lowest BCUT2D eigenvalue weighted by atomic mass is 9.92. The minimum atomic E-state index is 0.0445. The number of aliphatic hydroxyl groups excluding tert-OH is 2. The van der Waals surface area contributed by atoms with Crippen LogP contribution in [-0.2, 0) is 12.8 Å². The van der Waals surface area contributed by atoms with E-state index in [1.165, 1.54) is 18.2 Å². The van der Waals surface area contributed by atoms with Crippen LogP contribution in [-0.4, -0.2) is 25.5 Å². The number of phenolic OH excluding ortho intramolecular Hbond substituents is 3. The SMILES string of the molecule is Cc1cc(CC2=C(O)CCC(O)=C2)c(O)c(Cc2cc(O)ccc2O)c1. The monoisotopic (exact) mass is 354 g/mol. The summed E-state index contributed by atoms with van der Waals surface area (Å²) in [5, 5.41) is 50.1. The quantitative estimate of drug-likeness (QED) is 0.527. The van der Waals surface area contributed by atoms with Crippen LogP contribution in [0.2, 0.25) is 0 Å². The third-order valence-electron chi connectivity index (χ3n) is 4.57. The first kappa shape index (κ1) is 17.7. The molecular formula is C21H22O5. The molecule has 0 amide bonds. The number of hydrogen-bond acceptors (Lipinski definition) is 5. The molecule has 0 saturated carbocycles. The Labute approximate surface area is 151 Å². The highest BCUT2D eigenvalue weighted by Gasteiger charge is 2.17. The van der Waals surface area contributed by atoms with Gasteiger partial charge >= 0.3 is 0 Å². The van der Waals surface area contributed by atoms with Crippen LogP contribution in [0.3, 0.4) is 0 Å². The van der Waals surface area contributed by atoms with E-state index in [1.807, 2.05) is 19.1 Å². The summed E-state index contributed by atoms with van der Waals surface area (Å²) in [5.74, 6) is 0.608. The largest absolute Gasteiger partial charge is 0.512 e. The van der Waals surface area contributed by atoms with E-state index in [2.05, 4.69) is 0 Å². The lowest BCUT2D eigenvalue weighted by molar-refractivity contribution is 0.336. The van der Waals surface area contributed by atoms with Crippen LogP contribution in [0.25, 0.3) is 0 Å². The van der Waals surface area contributed by atoms with Crippen molar-refractivity contribution < 1.29 is 25.5 Å². The van der Waals surface area contributed by atoms with E-state index in [0.29, 0.717) is 41.5 Å². The molecule has 0 saturated heterocycles. The summed E-state index contributed by atoms with van der Waals surface area (Å²) in [5.41, 5.74) is 3.27. The normalized spacial score (nSPS) is 14.4. The second-order valence-electron chi connectivity index (χ2n) is 6.71. The van der Waals surface area contributed by atoms with Crippen molar-refractivity contribution in [2.75, 3.05) is 0 Å². The molecule has 0 aliphatic heterocycles. The zero-order valence-electron chi connectivity index (χ0n) is 14.5. The Morgan fingerprint density at radius 2 is 1.50 bits per heavy atom. The van der Waals surface area contributed by atoms with Gasteiger partial charge in [0.25, 0.3) is 0 Å². The van der Waals surface area contributed by atoms with Crippen LogP contribution in [0.5, 0.6) is 17.2 Å². The summed E-state index contributed by atoms with van der Waals surface area (Å²) in [4.78, 5) is 0. The summed E-state index contributed by atoms with van der Waals surface area (Å²) >= 11 is 0. The zero-order valence-corrected chi connectivity index (χ0v) is 14.5. The van der Waals surface area contributed by atoms with Crippen LogP contribution in [0.4, 0.5) is 0 Å². The third-order valence-corrected chi connectivity index (χ3v) is 4.57. The standard InChI is InChI=1S/C21H22O5/c1-12-6-15(8-13-10-17(22)2-4-19(13)24)21(26)16(7-12)9-14-11-18(23)3-5-20(14)25/h2,4,6-7,10-11,22-26H,3,5,8-9H2,1H3. The first-order valence-electron chi connectivity index (χ1n) is 8.46. The number of hydrogen-bond donors (Lipinski definition) is 5. The molecule has 5 heteroatoms. The fourth-order valence-electron chi connectivity index (χ4n) is 3.24. The number of aromatic hydroxyl groups is 3. The van der Waals surface area contributed by atoms with E-state index in [9.17, 15) is 25.5 Å². The maximum absolute atomic E-state index is 10.7. The minimum absolute atomic E-state index is 0.0445. The van der Waals surface area contributed by atoms with Gasteiger partial charge in [-0.1, -0.05) is 17.7 Å². The smallest absolute Gasteiger partial charge is 0.122 e. The average molecular weight is 354 g/mol. The van der Waals surface area contributed by atoms with Gasteiger partial charge in [0, 0.05) is 31.2 Å². The predicted octanol–water partition coefficient (Wildman–Crippen LogP) is 4.29. The summed E-state index contributed by atoms with van der Waals surface area (Å²) in [6.45, 7) is 1.90. The third kappa shape index (κ3) is 3.77. The van der Waals surface area contributed by atoms with Crippen molar-refractivity contribution in [2.45, 2.75) is 32.6 Å². The molecule has 3 rings (SSSR count). The number of aliphatic hydroxyl groups is 2. The molecule has 136 valence electrons. The Balaban J connectivity index is 1.95. The van der Waals surface area contributed by atoms with Crippen molar-refractivity contribution in [3.8, 4) is 17.2 Å². The first-order valence-corrected chi connectivity index (χ1v) is 8.46. The van der Waals surface area contributed by atoms with Gasteiger partial charge in [-0.25, -0.2) is 0 Å². The average Bonchev–Trinajstić information content (AvgIpc) is 2.58. The van der Waals surface area contributed by atoms with Gasteiger partial charge in [-0.2, -0.15) is 0 Å². The van der Waals surface area contributed by atoms with Crippen molar-refractivity contribution in [3.63, 3.8) is 0 Å². The topological polar surface area (TPSA) is 101 Å². The zero-order chi connectivity index (χ0) is 18.8. The Morgan fingerprint density at radius 1 is 0.808 bits per heavy atom. The number of rotatable bonds is 4. The molecule has 0 unspecified atom stereocenters. The van der Waals surface area contributed by atoms with Gasteiger partial charge in [0.15, 0.2) is 0 Å². The lowest BCUT2D eigenvalue weighted by Gasteiger charge is -2.16. The molecule has 5 N–H and O–H groups in total. The molecule has 0 bridgehead atoms. The van der Waals surface area contributed by atoms with Crippen molar-refractivity contribution in [1.82, 2.24) is 0 Å². The van der Waals surface area contributed by atoms with Crippen LogP contribution in [0.15, 0.2) is 53.5 Å². The summed E-state index contributed by atoms with van der Waals surface area (Å²) in [7, 11) is 0. The molecule has 26 heavy (non-hydrogen) atoms. The number of phenols is 3. The van der Waals surface area contributed by atoms with Crippen LogP contribution in [0, 0.1) is 6.92 Å². The maximum Gasteiger partial charge on any atom is 0.122 e. The Hall–Kier alpha value is -3.08. The molecule has 0 spiro atoms. The van der Waals surface area contributed by atoms with Crippen molar-refractivity contribution >= 4 is 0 Å². The van der Waals surface area contributed by atoms with E-state index >= 15 is 0 Å². The fourth-order valence-corrected chi connectivity index (χ4v) is 3.24.